The van der Waals surface area contributed by atoms with Crippen LogP contribution in [0.2, 0.25) is 5.02 Å². The number of amidine groups is 1. The predicted octanol–water partition coefficient (Wildman–Crippen LogP) is 3.60. The van der Waals surface area contributed by atoms with Crippen LogP contribution in [-0.4, -0.2) is 20.9 Å². The third-order valence-corrected chi connectivity index (χ3v) is 3.78. The van der Waals surface area contributed by atoms with Crippen molar-refractivity contribution in [3.8, 4) is 0 Å². The fourth-order valence-corrected chi connectivity index (χ4v) is 2.77. The van der Waals surface area contributed by atoms with E-state index in [4.69, 9.17) is 11.6 Å². The number of nitrogens with zero attached hydrogens (tertiary/aromatic N) is 3. The van der Waals surface area contributed by atoms with Crippen molar-refractivity contribution in [2.45, 2.75) is 0 Å². The molecule has 1 aromatic heterocycles. The summed E-state index contributed by atoms with van der Waals surface area (Å²) in [6.07, 6.45) is 5.47. The number of aryl methyl sites for hydroxylation is 1. The molecule has 0 atom stereocenters. The van der Waals surface area contributed by atoms with Crippen molar-refractivity contribution >= 4 is 46.2 Å². The molecule has 2 heterocycles. The Kier molecular flexibility index (Phi) is 3.81. The number of benzene rings is 1. The van der Waals surface area contributed by atoms with Gasteiger partial charge in [0.05, 0.1) is 16.8 Å². The normalized spacial score (nSPS) is 18.5. The van der Waals surface area contributed by atoms with Gasteiger partial charge in [-0.3, -0.25) is 9.48 Å². The number of thioether (sulfide) groups is 1. The van der Waals surface area contributed by atoms with Gasteiger partial charge in [-0.05, 0) is 36.0 Å². The Balaban J connectivity index is 1.96. The number of carbonyl (C=O) groups is 1. The Morgan fingerprint density at radius 2 is 2.33 bits per heavy atom. The lowest BCUT2D eigenvalue weighted by atomic mass is 10.3. The van der Waals surface area contributed by atoms with Gasteiger partial charge >= 0.3 is 0 Å². The smallest absolute Gasteiger partial charge is 0.289 e. The Bertz CT molecular complexity index is 766. The highest BCUT2D eigenvalue weighted by Gasteiger charge is 2.23. The number of hydrogen-bond acceptors (Lipinski definition) is 4. The molecule has 0 bridgehead atoms. The van der Waals surface area contributed by atoms with Crippen molar-refractivity contribution in [1.82, 2.24) is 15.1 Å². The molecule has 21 heavy (non-hydrogen) atoms. The third-order valence-electron chi connectivity index (χ3n) is 2.73. The summed E-state index contributed by atoms with van der Waals surface area (Å²) < 4.78 is 1.70. The minimum atomic E-state index is -0.147. The number of nitrogens with one attached hydrogen (secondary N) is 1. The molecule has 0 unspecified atom stereocenters. The van der Waals surface area contributed by atoms with Gasteiger partial charge in [0.25, 0.3) is 5.24 Å². The van der Waals surface area contributed by atoms with Gasteiger partial charge in [-0.2, -0.15) is 5.10 Å². The van der Waals surface area contributed by atoms with Crippen molar-refractivity contribution in [3.63, 3.8) is 0 Å². The van der Waals surface area contributed by atoms with Gasteiger partial charge in [0, 0.05) is 23.8 Å². The standard InChI is InChI=1S/C14H11ClN4OS/c1-19-8-9(7-16-19)5-12-13(18-14(20)21-12)17-11-4-2-3-10(15)6-11/h2-8H,1H3,(H,17,18,20)/b12-5-. The van der Waals surface area contributed by atoms with Crippen molar-refractivity contribution in [2.75, 3.05) is 0 Å². The van der Waals surface area contributed by atoms with E-state index in [1.54, 1.807) is 23.0 Å². The molecule has 2 aromatic rings. The van der Waals surface area contributed by atoms with Gasteiger partial charge in [0.2, 0.25) is 0 Å². The second-order valence-electron chi connectivity index (χ2n) is 4.41. The molecule has 0 aliphatic carbocycles. The monoisotopic (exact) mass is 318 g/mol. The Morgan fingerprint density at radius 1 is 1.48 bits per heavy atom. The highest BCUT2D eigenvalue weighted by molar-refractivity contribution is 8.18. The first-order chi connectivity index (χ1) is 10.1. The molecule has 106 valence electrons. The summed E-state index contributed by atoms with van der Waals surface area (Å²) in [6, 6.07) is 7.16. The van der Waals surface area contributed by atoms with Crippen LogP contribution in [0.25, 0.3) is 6.08 Å². The van der Waals surface area contributed by atoms with Crippen LogP contribution in [0.3, 0.4) is 0 Å². The first-order valence-electron chi connectivity index (χ1n) is 6.14. The summed E-state index contributed by atoms with van der Waals surface area (Å²) in [5.74, 6) is 0.524. The zero-order chi connectivity index (χ0) is 14.8. The molecule has 1 amide bonds. The predicted molar refractivity (Wildman–Crippen MR) is 85.9 cm³/mol. The van der Waals surface area contributed by atoms with E-state index in [0.717, 1.165) is 22.2 Å². The second kappa shape index (κ2) is 5.75. The molecule has 3 rings (SSSR count). The maximum absolute atomic E-state index is 11.6. The Labute approximate surface area is 130 Å². The van der Waals surface area contributed by atoms with Crippen LogP contribution in [0.4, 0.5) is 10.5 Å². The lowest BCUT2D eigenvalue weighted by molar-refractivity contribution is 0.265. The van der Waals surface area contributed by atoms with Crippen LogP contribution < -0.4 is 5.32 Å². The molecular formula is C14H11ClN4OS. The zero-order valence-corrected chi connectivity index (χ0v) is 12.6. The molecule has 7 heteroatoms. The average Bonchev–Trinajstić information content (AvgIpc) is 2.97. The maximum atomic E-state index is 11.6. The number of carbonyl (C=O) groups excluding carboxylic acids is 1. The molecule has 0 spiro atoms. The van der Waals surface area contributed by atoms with Gasteiger partial charge in [0.15, 0.2) is 0 Å². The molecule has 1 fully saturated rings. The van der Waals surface area contributed by atoms with E-state index in [2.05, 4.69) is 15.4 Å². The van der Waals surface area contributed by atoms with Gasteiger partial charge < -0.3 is 5.32 Å². The van der Waals surface area contributed by atoms with Crippen LogP contribution in [-0.2, 0) is 7.05 Å². The highest BCUT2D eigenvalue weighted by Crippen LogP contribution is 2.28. The highest BCUT2D eigenvalue weighted by atomic mass is 35.5. The minimum absolute atomic E-state index is 0.147. The van der Waals surface area contributed by atoms with Gasteiger partial charge in [-0.15, -0.1) is 0 Å². The second-order valence-corrected chi connectivity index (χ2v) is 5.86. The van der Waals surface area contributed by atoms with E-state index in [1.165, 1.54) is 0 Å². The summed E-state index contributed by atoms with van der Waals surface area (Å²) in [4.78, 5) is 16.8. The van der Waals surface area contributed by atoms with E-state index < -0.39 is 0 Å². The fraction of sp³-hybridized carbons (Fsp3) is 0.0714. The van der Waals surface area contributed by atoms with Crippen LogP contribution >= 0.6 is 23.4 Å². The molecule has 0 saturated carbocycles. The molecule has 0 radical (unpaired) electrons. The minimum Gasteiger partial charge on any atom is -0.300 e. The number of amides is 1. The number of halogens is 1. The summed E-state index contributed by atoms with van der Waals surface area (Å²) in [6.45, 7) is 0. The van der Waals surface area contributed by atoms with Crippen molar-refractivity contribution in [1.29, 1.82) is 0 Å². The lowest BCUT2D eigenvalue weighted by Gasteiger charge is -1.99. The van der Waals surface area contributed by atoms with E-state index in [9.17, 15) is 4.79 Å². The fourth-order valence-electron chi connectivity index (χ4n) is 1.85. The van der Waals surface area contributed by atoms with Crippen LogP contribution in [0.1, 0.15) is 5.56 Å². The number of rotatable bonds is 2. The Hall–Kier alpha value is -2.05. The first-order valence-corrected chi connectivity index (χ1v) is 7.33. The topological polar surface area (TPSA) is 59.3 Å². The molecular weight excluding hydrogens is 308 g/mol. The summed E-state index contributed by atoms with van der Waals surface area (Å²) >= 11 is 7.05. The number of hydrogen-bond donors (Lipinski definition) is 1. The number of aromatic nitrogens is 2. The van der Waals surface area contributed by atoms with Crippen molar-refractivity contribution in [2.24, 2.45) is 12.0 Å². The maximum Gasteiger partial charge on any atom is 0.289 e. The SMILES string of the molecule is Cn1cc(/C=C2\SC(=O)NC2=Nc2cccc(Cl)c2)cn1. The summed E-state index contributed by atoms with van der Waals surface area (Å²) in [5.41, 5.74) is 1.60. The van der Waals surface area contributed by atoms with Gasteiger partial charge in [0.1, 0.15) is 5.84 Å². The molecule has 1 saturated heterocycles. The third kappa shape index (κ3) is 3.34. The largest absolute Gasteiger partial charge is 0.300 e. The van der Waals surface area contributed by atoms with Crippen molar-refractivity contribution in [3.05, 3.63) is 52.2 Å². The molecule has 1 N–H and O–H groups in total. The average molecular weight is 319 g/mol. The number of aliphatic imine (C=N–C) groups is 1. The molecule has 5 nitrogen and oxygen atoms in total. The summed E-state index contributed by atoms with van der Waals surface area (Å²) in [5, 5.41) is 7.29. The van der Waals surface area contributed by atoms with E-state index in [0.29, 0.717) is 16.5 Å². The molecule has 1 aromatic carbocycles. The van der Waals surface area contributed by atoms with Crippen LogP contribution in [0.5, 0.6) is 0 Å². The van der Waals surface area contributed by atoms with Crippen molar-refractivity contribution < 1.29 is 4.79 Å². The molecule has 1 aliphatic heterocycles. The summed E-state index contributed by atoms with van der Waals surface area (Å²) in [7, 11) is 1.84. The van der Waals surface area contributed by atoms with Crippen LogP contribution in [0.15, 0.2) is 46.6 Å². The van der Waals surface area contributed by atoms with E-state index >= 15 is 0 Å². The van der Waals surface area contributed by atoms with E-state index in [-0.39, 0.29) is 5.24 Å². The van der Waals surface area contributed by atoms with Crippen LogP contribution in [0, 0.1) is 0 Å². The Morgan fingerprint density at radius 3 is 3.05 bits per heavy atom. The zero-order valence-electron chi connectivity index (χ0n) is 11.1. The van der Waals surface area contributed by atoms with E-state index in [1.807, 2.05) is 31.5 Å². The van der Waals surface area contributed by atoms with Gasteiger partial charge in [-0.1, -0.05) is 17.7 Å². The van der Waals surface area contributed by atoms with Gasteiger partial charge in [-0.25, -0.2) is 4.99 Å². The quantitative estimate of drug-likeness (QED) is 0.920. The first kappa shape index (κ1) is 13.9. The molecule has 1 aliphatic rings. The lowest BCUT2D eigenvalue weighted by Crippen LogP contribution is -2.18.